The van der Waals surface area contributed by atoms with Crippen LogP contribution in [0.4, 0.5) is 0 Å². The Labute approximate surface area is 84.9 Å². The minimum atomic E-state index is 0.762. The van der Waals surface area contributed by atoms with Crippen LogP contribution in [-0.2, 0) is 6.54 Å². The Morgan fingerprint density at radius 3 is 3.00 bits per heavy atom. The van der Waals surface area contributed by atoms with Crippen LogP contribution < -0.4 is 5.32 Å². The van der Waals surface area contributed by atoms with E-state index < -0.39 is 0 Å². The van der Waals surface area contributed by atoms with Crippen LogP contribution in [0.25, 0.3) is 0 Å². The number of hydrogen-bond donors (Lipinski definition) is 1. The average Bonchev–Trinajstić information content (AvgIpc) is 2.53. The van der Waals surface area contributed by atoms with Crippen molar-refractivity contribution in [2.45, 2.75) is 19.0 Å². The predicted molar refractivity (Wildman–Crippen MR) is 56.1 cm³/mol. The van der Waals surface area contributed by atoms with Gasteiger partial charge < -0.3 is 14.8 Å². The third-order valence-electron chi connectivity index (χ3n) is 2.87. The summed E-state index contributed by atoms with van der Waals surface area (Å²) in [5.41, 5.74) is 0. The third kappa shape index (κ3) is 2.33. The fourth-order valence-corrected chi connectivity index (χ4v) is 1.69. The molecule has 4 nitrogen and oxygen atoms in total. The van der Waals surface area contributed by atoms with E-state index >= 15 is 0 Å². The van der Waals surface area contributed by atoms with E-state index in [1.165, 1.54) is 13.0 Å². The average molecular weight is 194 g/mol. The number of imidazole rings is 1. The summed E-state index contributed by atoms with van der Waals surface area (Å²) in [5.74, 6) is 0. The van der Waals surface area contributed by atoms with Crippen LogP contribution in [0.2, 0.25) is 0 Å². The van der Waals surface area contributed by atoms with Crippen LogP contribution >= 0.6 is 0 Å². The molecule has 1 aliphatic heterocycles. The van der Waals surface area contributed by atoms with Gasteiger partial charge in [-0.15, -0.1) is 0 Å². The van der Waals surface area contributed by atoms with E-state index in [0.717, 1.165) is 25.7 Å². The second kappa shape index (κ2) is 4.57. The molecule has 1 aromatic heterocycles. The van der Waals surface area contributed by atoms with Gasteiger partial charge in [-0.05, 0) is 20.0 Å². The van der Waals surface area contributed by atoms with Gasteiger partial charge in [-0.25, -0.2) is 4.98 Å². The standard InChI is InChI=1S/C10H18N4/c1-13(10-7-12-8-10)4-2-5-14-6-3-11-9-14/h3,6,9-10,12H,2,4-5,7-8H2,1H3. The lowest BCUT2D eigenvalue weighted by atomic mass is 10.1. The summed E-state index contributed by atoms with van der Waals surface area (Å²) in [5, 5.41) is 3.29. The Morgan fingerprint density at radius 1 is 1.57 bits per heavy atom. The van der Waals surface area contributed by atoms with Gasteiger partial charge in [0, 0.05) is 38.1 Å². The summed E-state index contributed by atoms with van der Waals surface area (Å²) in [6, 6.07) is 0.762. The molecule has 0 aliphatic carbocycles. The predicted octanol–water partition coefficient (Wildman–Crippen LogP) is 0.177. The number of likely N-dealkylation sites (N-methyl/N-ethyl adjacent to an activating group) is 1. The van der Waals surface area contributed by atoms with Gasteiger partial charge in [0.05, 0.1) is 6.33 Å². The molecule has 0 atom stereocenters. The zero-order valence-corrected chi connectivity index (χ0v) is 8.69. The SMILES string of the molecule is CN(CCCn1ccnc1)C1CNC1. The van der Waals surface area contributed by atoms with E-state index in [1.54, 1.807) is 0 Å². The fourth-order valence-electron chi connectivity index (χ4n) is 1.69. The molecule has 1 N–H and O–H groups in total. The first-order valence-electron chi connectivity index (χ1n) is 5.23. The van der Waals surface area contributed by atoms with E-state index in [1.807, 2.05) is 18.7 Å². The van der Waals surface area contributed by atoms with Gasteiger partial charge in [0.1, 0.15) is 0 Å². The van der Waals surface area contributed by atoms with E-state index in [2.05, 4.69) is 26.8 Å². The number of nitrogens with one attached hydrogen (secondary N) is 1. The van der Waals surface area contributed by atoms with Crippen LogP contribution in [0.5, 0.6) is 0 Å². The molecule has 0 bridgehead atoms. The molecular weight excluding hydrogens is 176 g/mol. The molecule has 1 aliphatic rings. The second-order valence-corrected chi connectivity index (χ2v) is 3.95. The summed E-state index contributed by atoms with van der Waals surface area (Å²) in [6.07, 6.45) is 6.93. The van der Waals surface area contributed by atoms with Crippen molar-refractivity contribution >= 4 is 0 Å². The van der Waals surface area contributed by atoms with Crippen molar-refractivity contribution in [1.29, 1.82) is 0 Å². The smallest absolute Gasteiger partial charge is 0.0945 e. The van der Waals surface area contributed by atoms with E-state index in [4.69, 9.17) is 0 Å². The van der Waals surface area contributed by atoms with Gasteiger partial charge in [-0.2, -0.15) is 0 Å². The number of aryl methyl sites for hydroxylation is 1. The highest BCUT2D eigenvalue weighted by Gasteiger charge is 2.20. The van der Waals surface area contributed by atoms with Crippen molar-refractivity contribution < 1.29 is 0 Å². The molecule has 0 aromatic carbocycles. The van der Waals surface area contributed by atoms with Crippen LogP contribution in [0.1, 0.15) is 6.42 Å². The number of aromatic nitrogens is 2. The van der Waals surface area contributed by atoms with Gasteiger partial charge in [0.2, 0.25) is 0 Å². The zero-order valence-electron chi connectivity index (χ0n) is 8.69. The fraction of sp³-hybridized carbons (Fsp3) is 0.700. The maximum absolute atomic E-state index is 4.02. The first-order valence-corrected chi connectivity index (χ1v) is 5.23. The van der Waals surface area contributed by atoms with Crippen molar-refractivity contribution in [3.05, 3.63) is 18.7 Å². The molecule has 0 spiro atoms. The maximum atomic E-state index is 4.02. The maximum Gasteiger partial charge on any atom is 0.0945 e. The van der Waals surface area contributed by atoms with Crippen molar-refractivity contribution in [2.24, 2.45) is 0 Å². The lowest BCUT2D eigenvalue weighted by Gasteiger charge is -2.35. The van der Waals surface area contributed by atoms with Gasteiger partial charge in [-0.3, -0.25) is 0 Å². The Morgan fingerprint density at radius 2 is 2.43 bits per heavy atom. The number of hydrogen-bond acceptors (Lipinski definition) is 3. The number of rotatable bonds is 5. The Bertz CT molecular complexity index is 253. The first kappa shape index (κ1) is 9.68. The Balaban J connectivity index is 1.62. The molecule has 0 saturated carbocycles. The summed E-state index contributed by atoms with van der Waals surface area (Å²) >= 11 is 0. The molecule has 1 fully saturated rings. The molecule has 4 heteroatoms. The minimum Gasteiger partial charge on any atom is -0.337 e. The monoisotopic (exact) mass is 194 g/mol. The zero-order chi connectivity index (χ0) is 9.80. The second-order valence-electron chi connectivity index (χ2n) is 3.95. The van der Waals surface area contributed by atoms with Crippen LogP contribution in [0.15, 0.2) is 18.7 Å². The van der Waals surface area contributed by atoms with Gasteiger partial charge >= 0.3 is 0 Å². The van der Waals surface area contributed by atoms with Crippen molar-refractivity contribution in [3.63, 3.8) is 0 Å². The van der Waals surface area contributed by atoms with Crippen molar-refractivity contribution in [2.75, 3.05) is 26.7 Å². The molecule has 1 aromatic rings. The molecule has 0 unspecified atom stereocenters. The van der Waals surface area contributed by atoms with Crippen molar-refractivity contribution in [3.8, 4) is 0 Å². The highest BCUT2D eigenvalue weighted by molar-refractivity contribution is 4.82. The largest absolute Gasteiger partial charge is 0.337 e. The summed E-state index contributed by atoms with van der Waals surface area (Å²) in [7, 11) is 2.21. The topological polar surface area (TPSA) is 33.1 Å². The van der Waals surface area contributed by atoms with Crippen LogP contribution in [0.3, 0.4) is 0 Å². The quantitative estimate of drug-likeness (QED) is 0.725. The molecule has 78 valence electrons. The van der Waals surface area contributed by atoms with Crippen LogP contribution in [-0.4, -0.2) is 47.2 Å². The lowest BCUT2D eigenvalue weighted by Crippen LogP contribution is -2.56. The Hall–Kier alpha value is -0.870. The third-order valence-corrected chi connectivity index (χ3v) is 2.87. The molecule has 1 saturated heterocycles. The van der Waals surface area contributed by atoms with Crippen molar-refractivity contribution in [1.82, 2.24) is 19.8 Å². The highest BCUT2D eigenvalue weighted by Crippen LogP contribution is 2.03. The molecule has 0 amide bonds. The van der Waals surface area contributed by atoms with Gasteiger partial charge in [0.15, 0.2) is 0 Å². The van der Waals surface area contributed by atoms with Crippen LogP contribution in [0, 0.1) is 0 Å². The summed E-state index contributed by atoms with van der Waals surface area (Å²) in [4.78, 5) is 6.46. The molecule has 2 heterocycles. The van der Waals surface area contributed by atoms with Gasteiger partial charge in [0.25, 0.3) is 0 Å². The lowest BCUT2D eigenvalue weighted by molar-refractivity contribution is 0.176. The molecule has 0 radical (unpaired) electrons. The van der Waals surface area contributed by atoms with Gasteiger partial charge in [-0.1, -0.05) is 0 Å². The van der Waals surface area contributed by atoms with E-state index in [0.29, 0.717) is 0 Å². The molecular formula is C10H18N4. The number of nitrogens with zero attached hydrogens (tertiary/aromatic N) is 3. The summed E-state index contributed by atoms with van der Waals surface area (Å²) in [6.45, 7) is 4.55. The molecule has 2 rings (SSSR count). The first-order chi connectivity index (χ1) is 6.86. The molecule has 14 heavy (non-hydrogen) atoms. The van der Waals surface area contributed by atoms with E-state index in [-0.39, 0.29) is 0 Å². The normalized spacial score (nSPS) is 17.3. The van der Waals surface area contributed by atoms with E-state index in [9.17, 15) is 0 Å². The summed E-state index contributed by atoms with van der Waals surface area (Å²) < 4.78 is 2.13. The Kier molecular flexibility index (Phi) is 3.16. The minimum absolute atomic E-state index is 0.762. The highest BCUT2D eigenvalue weighted by atomic mass is 15.2.